The van der Waals surface area contributed by atoms with Crippen molar-refractivity contribution in [2.75, 3.05) is 5.32 Å². The molecule has 0 unspecified atom stereocenters. The van der Waals surface area contributed by atoms with E-state index in [1.807, 2.05) is 30.3 Å². The first-order valence-corrected chi connectivity index (χ1v) is 8.77. The molecule has 0 aliphatic carbocycles. The van der Waals surface area contributed by atoms with E-state index >= 15 is 0 Å². The Morgan fingerprint density at radius 3 is 2.41 bits per heavy atom. The molecular weight excluding hydrogens is 370 g/mol. The summed E-state index contributed by atoms with van der Waals surface area (Å²) in [6, 6.07) is 14.8. The van der Waals surface area contributed by atoms with E-state index in [4.69, 9.17) is 11.5 Å². The van der Waals surface area contributed by atoms with E-state index in [1.165, 1.54) is 0 Å². The highest BCUT2D eigenvalue weighted by molar-refractivity contribution is 6.09. The number of hydrogen-bond acceptors (Lipinski definition) is 6. The second-order valence-electron chi connectivity index (χ2n) is 6.30. The van der Waals surface area contributed by atoms with Gasteiger partial charge in [0.2, 0.25) is 17.7 Å². The van der Waals surface area contributed by atoms with Crippen molar-refractivity contribution in [3.8, 4) is 11.5 Å². The van der Waals surface area contributed by atoms with Crippen molar-refractivity contribution in [3.63, 3.8) is 0 Å². The minimum Gasteiger partial charge on any atom is -0.366 e. The number of fused-ring (bicyclic) bond motifs is 1. The van der Waals surface area contributed by atoms with Crippen molar-refractivity contribution in [3.05, 3.63) is 71.7 Å². The molecule has 9 heteroatoms. The molecule has 29 heavy (non-hydrogen) atoms. The van der Waals surface area contributed by atoms with Gasteiger partial charge in [-0.15, -0.1) is 0 Å². The zero-order valence-electron chi connectivity index (χ0n) is 15.2. The number of carbonyl (C=O) groups is 2. The molecule has 4 rings (SSSR count). The van der Waals surface area contributed by atoms with Crippen LogP contribution in [0.2, 0.25) is 0 Å². The Morgan fingerprint density at radius 1 is 0.897 bits per heavy atom. The molecule has 0 saturated heterocycles. The Morgan fingerprint density at radius 2 is 1.69 bits per heavy atom. The molecule has 0 aliphatic heterocycles. The largest absolute Gasteiger partial charge is 0.366 e. The van der Waals surface area contributed by atoms with Crippen LogP contribution < -0.4 is 16.8 Å². The number of hydrogen-bond donors (Lipinski definition) is 4. The highest BCUT2D eigenvalue weighted by Gasteiger charge is 2.17. The number of primary amides is 2. The maximum absolute atomic E-state index is 11.7. The van der Waals surface area contributed by atoms with Gasteiger partial charge in [0.05, 0.1) is 5.69 Å². The third-order valence-electron chi connectivity index (χ3n) is 4.37. The predicted molar refractivity (Wildman–Crippen MR) is 108 cm³/mol. The van der Waals surface area contributed by atoms with Gasteiger partial charge in [-0.2, -0.15) is 9.97 Å². The fourth-order valence-electron chi connectivity index (χ4n) is 3.01. The molecular formula is C20H17N7O2. The fraction of sp³-hybridized carbons (Fsp3) is 0.0500. The Bertz CT molecular complexity index is 1220. The summed E-state index contributed by atoms with van der Waals surface area (Å²) in [6.45, 7) is 0.458. The molecule has 0 saturated carbocycles. The van der Waals surface area contributed by atoms with Crippen LogP contribution in [0.15, 0.2) is 54.7 Å². The monoisotopic (exact) mass is 387 g/mol. The molecule has 2 heterocycles. The first kappa shape index (κ1) is 18.1. The van der Waals surface area contributed by atoms with Crippen LogP contribution in [0.25, 0.3) is 22.3 Å². The summed E-state index contributed by atoms with van der Waals surface area (Å²) in [5.74, 6) is -1.05. The highest BCUT2D eigenvalue weighted by atomic mass is 16.1. The molecule has 0 atom stereocenters. The minimum atomic E-state index is -0.773. The molecule has 4 aromatic rings. The lowest BCUT2D eigenvalue weighted by Crippen LogP contribution is -2.18. The van der Waals surface area contributed by atoms with Gasteiger partial charge >= 0.3 is 0 Å². The molecule has 144 valence electrons. The van der Waals surface area contributed by atoms with E-state index in [9.17, 15) is 9.59 Å². The maximum Gasteiger partial charge on any atom is 0.286 e. The molecule has 2 aromatic carbocycles. The van der Waals surface area contributed by atoms with Crippen molar-refractivity contribution in [1.29, 1.82) is 0 Å². The zero-order valence-corrected chi connectivity index (χ0v) is 15.2. The lowest BCUT2D eigenvalue weighted by atomic mass is 10.1. The van der Waals surface area contributed by atoms with Crippen molar-refractivity contribution in [2.45, 2.75) is 6.54 Å². The van der Waals surface area contributed by atoms with Gasteiger partial charge in [-0.25, -0.2) is 4.98 Å². The Kier molecular flexibility index (Phi) is 4.62. The Labute approximate surface area is 165 Å². The van der Waals surface area contributed by atoms with Gasteiger partial charge in [0, 0.05) is 29.1 Å². The molecule has 0 bridgehead atoms. The molecule has 0 spiro atoms. The van der Waals surface area contributed by atoms with Crippen molar-refractivity contribution >= 4 is 28.5 Å². The SMILES string of the molecule is NC(=O)c1nc(NCc2ccccc2)nc(-c2[nH]cc3c(C(N)=O)cccc23)n1. The summed E-state index contributed by atoms with van der Waals surface area (Å²) in [5, 5.41) is 4.40. The van der Waals surface area contributed by atoms with E-state index in [0.717, 1.165) is 5.56 Å². The first-order valence-electron chi connectivity index (χ1n) is 8.77. The van der Waals surface area contributed by atoms with Crippen LogP contribution in [0, 0.1) is 0 Å². The maximum atomic E-state index is 11.7. The van der Waals surface area contributed by atoms with Crippen LogP contribution in [0.3, 0.4) is 0 Å². The lowest BCUT2D eigenvalue weighted by Gasteiger charge is -2.08. The van der Waals surface area contributed by atoms with Gasteiger partial charge in [0.15, 0.2) is 5.82 Å². The summed E-state index contributed by atoms with van der Waals surface area (Å²) in [7, 11) is 0. The van der Waals surface area contributed by atoms with Crippen LogP contribution in [-0.2, 0) is 6.54 Å². The second-order valence-corrected chi connectivity index (χ2v) is 6.30. The summed E-state index contributed by atoms with van der Waals surface area (Å²) in [4.78, 5) is 39.1. The smallest absolute Gasteiger partial charge is 0.286 e. The van der Waals surface area contributed by atoms with E-state index in [-0.39, 0.29) is 17.6 Å². The predicted octanol–water partition coefficient (Wildman–Crippen LogP) is 1.83. The molecule has 2 amide bonds. The lowest BCUT2D eigenvalue weighted by molar-refractivity contribution is 0.0986. The highest BCUT2D eigenvalue weighted by Crippen LogP contribution is 2.28. The number of anilines is 1. The zero-order chi connectivity index (χ0) is 20.4. The molecule has 2 aromatic heterocycles. The van der Waals surface area contributed by atoms with Crippen molar-refractivity contribution in [1.82, 2.24) is 19.9 Å². The topological polar surface area (TPSA) is 153 Å². The van der Waals surface area contributed by atoms with E-state index < -0.39 is 11.8 Å². The summed E-state index contributed by atoms with van der Waals surface area (Å²) in [6.07, 6.45) is 1.65. The number of aromatic amines is 1. The number of carbonyl (C=O) groups excluding carboxylic acids is 2. The van der Waals surface area contributed by atoms with E-state index in [0.29, 0.717) is 28.6 Å². The van der Waals surface area contributed by atoms with Gasteiger partial charge < -0.3 is 21.8 Å². The standard InChI is InChI=1S/C20H17N7O2/c21-16(28)13-8-4-7-12-14(13)10-23-15(12)18-25-19(17(22)29)27-20(26-18)24-9-11-5-2-1-3-6-11/h1-8,10,23H,9H2,(H2,21,28)(H2,22,29)(H,24,25,26,27). The molecule has 0 aliphatic rings. The number of rotatable bonds is 6. The average Bonchev–Trinajstić information content (AvgIpc) is 3.17. The van der Waals surface area contributed by atoms with E-state index in [1.54, 1.807) is 24.4 Å². The van der Waals surface area contributed by atoms with Crippen LogP contribution in [0.5, 0.6) is 0 Å². The second kappa shape index (κ2) is 7.39. The van der Waals surface area contributed by atoms with Crippen LogP contribution in [0.1, 0.15) is 26.5 Å². The number of nitrogens with two attached hydrogens (primary N) is 2. The molecule has 9 nitrogen and oxygen atoms in total. The summed E-state index contributed by atoms with van der Waals surface area (Å²) < 4.78 is 0. The van der Waals surface area contributed by atoms with Gasteiger partial charge in [-0.05, 0) is 11.6 Å². The van der Waals surface area contributed by atoms with Crippen LogP contribution >= 0.6 is 0 Å². The van der Waals surface area contributed by atoms with Gasteiger partial charge in [-0.1, -0.05) is 42.5 Å². The number of amides is 2. The Balaban J connectivity index is 1.76. The third-order valence-corrected chi connectivity index (χ3v) is 4.37. The number of nitrogens with zero attached hydrogens (tertiary/aromatic N) is 3. The fourth-order valence-corrected chi connectivity index (χ4v) is 3.01. The third kappa shape index (κ3) is 3.61. The van der Waals surface area contributed by atoms with Crippen molar-refractivity contribution in [2.24, 2.45) is 11.5 Å². The number of aromatic nitrogens is 4. The first-order chi connectivity index (χ1) is 14.0. The average molecular weight is 387 g/mol. The summed E-state index contributed by atoms with van der Waals surface area (Å²) in [5.41, 5.74) is 12.8. The normalized spacial score (nSPS) is 10.8. The molecule has 0 fully saturated rings. The Hall–Kier alpha value is -4.27. The summed E-state index contributed by atoms with van der Waals surface area (Å²) >= 11 is 0. The molecule has 0 radical (unpaired) electrons. The minimum absolute atomic E-state index is 0.167. The number of H-pyrrole nitrogens is 1. The van der Waals surface area contributed by atoms with Crippen LogP contribution in [-0.4, -0.2) is 31.8 Å². The van der Waals surface area contributed by atoms with Gasteiger partial charge in [0.1, 0.15) is 0 Å². The van der Waals surface area contributed by atoms with Crippen molar-refractivity contribution < 1.29 is 9.59 Å². The number of benzene rings is 2. The van der Waals surface area contributed by atoms with E-state index in [2.05, 4.69) is 25.3 Å². The van der Waals surface area contributed by atoms with Crippen LogP contribution in [0.4, 0.5) is 5.95 Å². The number of nitrogens with one attached hydrogen (secondary N) is 2. The van der Waals surface area contributed by atoms with Gasteiger partial charge in [0.25, 0.3) is 5.91 Å². The van der Waals surface area contributed by atoms with Gasteiger partial charge in [-0.3, -0.25) is 9.59 Å². The molecule has 6 N–H and O–H groups in total. The quantitative estimate of drug-likeness (QED) is 0.396.